The minimum atomic E-state index is -2.38. The Morgan fingerprint density at radius 2 is 1.54 bits per heavy atom. The second-order valence-electron chi connectivity index (χ2n) is 10.6. The molecular weight excluding hydrogens is 524 g/mol. The van der Waals surface area contributed by atoms with Crippen molar-refractivity contribution in [3.8, 4) is 0 Å². The molecule has 0 radical (unpaired) electrons. The van der Waals surface area contributed by atoms with Crippen LogP contribution in [0.3, 0.4) is 0 Å². The lowest BCUT2D eigenvalue weighted by molar-refractivity contribution is -0.148. The summed E-state index contributed by atoms with van der Waals surface area (Å²) in [5.74, 6) is -0.215. The highest BCUT2D eigenvalue weighted by atomic mass is 79.9. The zero-order valence-electron chi connectivity index (χ0n) is 21.2. The predicted molar refractivity (Wildman–Crippen MR) is 141 cm³/mol. The van der Waals surface area contributed by atoms with Crippen LogP contribution in [0.2, 0.25) is 18.1 Å². The van der Waals surface area contributed by atoms with Gasteiger partial charge in [0.05, 0.1) is 31.2 Å². The first-order valence-corrected chi connectivity index (χ1v) is 15.6. The van der Waals surface area contributed by atoms with Gasteiger partial charge < -0.3 is 9.16 Å². The van der Waals surface area contributed by atoms with Crippen molar-refractivity contribution in [2.75, 3.05) is 7.11 Å². The summed E-state index contributed by atoms with van der Waals surface area (Å²) in [7, 11) is -1.01. The number of nitrogens with zero attached hydrogens (tertiary/aromatic N) is 2. The molecule has 0 saturated carbocycles. The molecule has 0 N–H and O–H groups in total. The Labute approximate surface area is 217 Å². The fourth-order valence-electron chi connectivity index (χ4n) is 4.39. The zero-order valence-corrected chi connectivity index (χ0v) is 23.8. The van der Waals surface area contributed by atoms with E-state index in [2.05, 4.69) is 54.8 Å². The average Bonchev–Trinajstić information content (AvgIpc) is 3.16. The van der Waals surface area contributed by atoms with E-state index < -0.39 is 14.3 Å². The van der Waals surface area contributed by atoms with Gasteiger partial charge in [-0.05, 0) is 41.4 Å². The number of hydrazine groups is 1. The fourth-order valence-corrected chi connectivity index (χ4v) is 5.65. The summed E-state index contributed by atoms with van der Waals surface area (Å²) in [5.41, 5.74) is 2.48. The van der Waals surface area contributed by atoms with E-state index in [1.807, 2.05) is 54.6 Å². The fraction of sp³-hybridized carbons (Fsp3) is 0.407. The molecule has 1 saturated heterocycles. The molecule has 6 nitrogen and oxygen atoms in total. The van der Waals surface area contributed by atoms with Crippen LogP contribution in [-0.4, -0.2) is 37.3 Å². The van der Waals surface area contributed by atoms with Crippen molar-refractivity contribution in [3.05, 3.63) is 81.7 Å². The summed E-state index contributed by atoms with van der Waals surface area (Å²) in [6.07, 6.45) is 0.682. The first kappa shape index (κ1) is 25.7. The van der Waals surface area contributed by atoms with Crippen LogP contribution in [0.25, 0.3) is 0 Å². The van der Waals surface area contributed by atoms with E-state index in [1.165, 1.54) is 7.11 Å². The SMILES string of the molecule is COC(=O)C1=C(O[Si](C)(C)C(C)(C)C)N2C(=O)C[C@H](c3ccccc3)N2[C@H](c2ccc(Br)cc2)C1. The van der Waals surface area contributed by atoms with Crippen molar-refractivity contribution >= 4 is 36.1 Å². The van der Waals surface area contributed by atoms with Crippen molar-refractivity contribution in [1.29, 1.82) is 0 Å². The summed E-state index contributed by atoms with van der Waals surface area (Å²) in [6, 6.07) is 17.7. The van der Waals surface area contributed by atoms with E-state index in [4.69, 9.17) is 9.16 Å². The molecule has 2 aromatic carbocycles. The van der Waals surface area contributed by atoms with Crippen LogP contribution in [0.1, 0.15) is 56.8 Å². The Balaban J connectivity index is 1.90. The Hall–Kier alpha value is -2.42. The molecule has 2 heterocycles. The number of rotatable bonds is 5. The van der Waals surface area contributed by atoms with Gasteiger partial charge in [0.25, 0.3) is 8.32 Å². The summed E-state index contributed by atoms with van der Waals surface area (Å²) >= 11 is 3.51. The van der Waals surface area contributed by atoms with Gasteiger partial charge in [-0.15, -0.1) is 0 Å². The maximum Gasteiger partial charge on any atom is 0.339 e. The first-order valence-electron chi connectivity index (χ1n) is 11.9. The number of carbonyl (C=O) groups is 2. The molecule has 0 aromatic heterocycles. The Bertz CT molecular complexity index is 1140. The Kier molecular flexibility index (Phi) is 7.01. The molecule has 186 valence electrons. The lowest BCUT2D eigenvalue weighted by Gasteiger charge is -2.47. The lowest BCUT2D eigenvalue weighted by atomic mass is 9.94. The number of hydrogen-bond acceptors (Lipinski definition) is 5. The molecule has 35 heavy (non-hydrogen) atoms. The van der Waals surface area contributed by atoms with Gasteiger partial charge in [0.15, 0.2) is 0 Å². The molecule has 2 aliphatic heterocycles. The van der Waals surface area contributed by atoms with E-state index in [9.17, 15) is 9.59 Å². The molecule has 1 fully saturated rings. The van der Waals surface area contributed by atoms with Crippen molar-refractivity contribution in [2.45, 2.75) is 63.8 Å². The number of benzene rings is 2. The van der Waals surface area contributed by atoms with Crippen LogP contribution in [0.4, 0.5) is 0 Å². The van der Waals surface area contributed by atoms with Gasteiger partial charge in [0.1, 0.15) is 0 Å². The maximum absolute atomic E-state index is 13.7. The number of esters is 1. The second kappa shape index (κ2) is 9.56. The van der Waals surface area contributed by atoms with Crippen LogP contribution in [0.15, 0.2) is 70.5 Å². The van der Waals surface area contributed by atoms with E-state index in [0.717, 1.165) is 15.6 Å². The van der Waals surface area contributed by atoms with Gasteiger partial charge in [0.2, 0.25) is 11.8 Å². The molecular formula is C27H33BrN2O4Si. The molecule has 8 heteroatoms. The third-order valence-electron chi connectivity index (χ3n) is 7.35. The molecule has 2 aliphatic rings. The molecule has 2 aromatic rings. The van der Waals surface area contributed by atoms with Crippen LogP contribution in [0.5, 0.6) is 0 Å². The van der Waals surface area contributed by atoms with Gasteiger partial charge in [-0.1, -0.05) is 79.2 Å². The molecule has 0 aliphatic carbocycles. The van der Waals surface area contributed by atoms with Crippen LogP contribution >= 0.6 is 15.9 Å². The standard InChI is InChI=1S/C27H33BrN2O4Si/c1-27(2,3)35(5,6)34-25-21(26(32)33-4)16-22(19-12-14-20(28)15-13-19)29-23(17-24(31)30(25)29)18-10-8-7-9-11-18/h7-15,22-23H,16-17H2,1-6H3/t22-,23+/m0/s1. The molecule has 2 atom stereocenters. The van der Waals surface area contributed by atoms with E-state index in [-0.39, 0.29) is 23.0 Å². The quantitative estimate of drug-likeness (QED) is 0.311. The normalized spacial score (nSPS) is 21.2. The number of halogens is 1. The van der Waals surface area contributed by atoms with Crippen LogP contribution in [-0.2, 0) is 18.8 Å². The molecule has 4 rings (SSSR count). The average molecular weight is 558 g/mol. The number of ether oxygens (including phenoxy) is 1. The smallest absolute Gasteiger partial charge is 0.339 e. The predicted octanol–water partition coefficient (Wildman–Crippen LogP) is 6.49. The van der Waals surface area contributed by atoms with Gasteiger partial charge in [0, 0.05) is 10.9 Å². The zero-order chi connectivity index (χ0) is 25.5. The number of fused-ring (bicyclic) bond motifs is 1. The van der Waals surface area contributed by atoms with Crippen molar-refractivity contribution in [2.24, 2.45) is 0 Å². The van der Waals surface area contributed by atoms with Crippen LogP contribution in [0, 0.1) is 0 Å². The second-order valence-corrected chi connectivity index (χ2v) is 16.3. The van der Waals surface area contributed by atoms with E-state index >= 15 is 0 Å². The number of carbonyl (C=O) groups excluding carboxylic acids is 2. The highest BCUT2D eigenvalue weighted by molar-refractivity contribution is 9.10. The molecule has 0 unspecified atom stereocenters. The first-order chi connectivity index (χ1) is 16.4. The number of methoxy groups -OCH3 is 1. The molecule has 1 amide bonds. The highest BCUT2D eigenvalue weighted by Crippen LogP contribution is 2.50. The van der Waals surface area contributed by atoms with Crippen molar-refractivity contribution < 1.29 is 18.8 Å². The van der Waals surface area contributed by atoms with E-state index in [1.54, 1.807) is 5.01 Å². The monoisotopic (exact) mass is 556 g/mol. The summed E-state index contributed by atoms with van der Waals surface area (Å²) < 4.78 is 12.9. The molecule has 0 spiro atoms. The third-order valence-corrected chi connectivity index (χ3v) is 12.2. The lowest BCUT2D eigenvalue weighted by Crippen LogP contribution is -2.51. The van der Waals surface area contributed by atoms with Crippen molar-refractivity contribution in [1.82, 2.24) is 10.0 Å². The summed E-state index contributed by atoms with van der Waals surface area (Å²) in [5, 5.41) is 3.62. The van der Waals surface area contributed by atoms with Gasteiger partial charge in [-0.3, -0.25) is 4.79 Å². The number of hydrogen-bond donors (Lipinski definition) is 0. The minimum Gasteiger partial charge on any atom is -0.530 e. The maximum atomic E-state index is 13.7. The van der Waals surface area contributed by atoms with Gasteiger partial charge in [-0.25, -0.2) is 9.80 Å². The van der Waals surface area contributed by atoms with Crippen molar-refractivity contribution in [3.63, 3.8) is 0 Å². The topological polar surface area (TPSA) is 59.1 Å². The van der Waals surface area contributed by atoms with Gasteiger partial charge in [-0.2, -0.15) is 5.01 Å². The van der Waals surface area contributed by atoms with Crippen LogP contribution < -0.4 is 0 Å². The largest absolute Gasteiger partial charge is 0.530 e. The Morgan fingerprint density at radius 3 is 2.11 bits per heavy atom. The Morgan fingerprint density at radius 1 is 0.971 bits per heavy atom. The summed E-state index contributed by atoms with van der Waals surface area (Å²) in [4.78, 5) is 26.7. The number of amides is 1. The highest BCUT2D eigenvalue weighted by Gasteiger charge is 2.52. The third kappa shape index (κ3) is 4.84. The molecule has 0 bridgehead atoms. The van der Waals surface area contributed by atoms with Gasteiger partial charge >= 0.3 is 5.97 Å². The van der Waals surface area contributed by atoms with E-state index in [0.29, 0.717) is 24.3 Å². The minimum absolute atomic E-state index is 0.0872. The summed E-state index contributed by atoms with van der Waals surface area (Å²) in [6.45, 7) is 10.7.